The molecular weight excluding hydrogens is 358 g/mol. The highest BCUT2D eigenvalue weighted by atomic mass is 16.5. The number of amides is 3. The number of hydrogen-bond donors (Lipinski definition) is 3. The number of unbranched alkanes of at least 4 members (excludes halogenated alkanes) is 1. The highest BCUT2D eigenvalue weighted by Gasteiger charge is 2.33. The molecule has 1 aliphatic heterocycles. The van der Waals surface area contributed by atoms with E-state index >= 15 is 0 Å². The normalized spacial score (nSPS) is 17.4. The lowest BCUT2D eigenvalue weighted by Crippen LogP contribution is -2.68. The summed E-state index contributed by atoms with van der Waals surface area (Å²) in [6.07, 6.45) is 2.68. The number of benzene rings is 1. The highest BCUT2D eigenvalue weighted by Crippen LogP contribution is 2.08. The van der Waals surface area contributed by atoms with Crippen molar-refractivity contribution in [3.8, 4) is 0 Å². The fraction of sp³-hybridized carbons (Fsp3) is 0.600. The van der Waals surface area contributed by atoms with Crippen LogP contribution in [0.15, 0.2) is 30.3 Å². The Labute approximate surface area is 167 Å². The number of ether oxygens (including phenoxy) is 1. The molecule has 0 spiro atoms. The van der Waals surface area contributed by atoms with Crippen LogP contribution in [-0.2, 0) is 16.1 Å². The maximum absolute atomic E-state index is 12.7. The molecule has 1 aliphatic rings. The van der Waals surface area contributed by atoms with Crippen LogP contribution in [0, 0.1) is 0 Å². The minimum atomic E-state index is -0.428. The van der Waals surface area contributed by atoms with E-state index in [1.807, 2.05) is 30.3 Å². The van der Waals surface area contributed by atoms with Gasteiger partial charge in [0.05, 0.1) is 6.54 Å². The maximum Gasteiger partial charge on any atom is 0.334 e. The molecule has 0 aliphatic carbocycles. The minimum absolute atomic E-state index is 0.0932. The Morgan fingerprint density at radius 2 is 2.00 bits per heavy atom. The second-order valence-corrected chi connectivity index (χ2v) is 6.91. The van der Waals surface area contributed by atoms with Gasteiger partial charge < -0.3 is 20.7 Å². The highest BCUT2D eigenvalue weighted by molar-refractivity contribution is 5.82. The monoisotopic (exact) mass is 391 g/mol. The first-order chi connectivity index (χ1) is 13.6. The van der Waals surface area contributed by atoms with Crippen molar-refractivity contribution >= 4 is 11.9 Å². The first-order valence-corrected chi connectivity index (χ1v) is 10.0. The van der Waals surface area contributed by atoms with E-state index in [9.17, 15) is 9.59 Å². The second-order valence-electron chi connectivity index (χ2n) is 6.91. The number of hydrogen-bond acceptors (Lipinski definition) is 5. The number of urea groups is 1. The smallest absolute Gasteiger partial charge is 0.334 e. The van der Waals surface area contributed by atoms with Gasteiger partial charge in [0, 0.05) is 33.4 Å². The molecule has 8 nitrogen and oxygen atoms in total. The number of nitrogens with zero attached hydrogens (tertiary/aromatic N) is 2. The van der Waals surface area contributed by atoms with Crippen LogP contribution < -0.4 is 16.0 Å². The van der Waals surface area contributed by atoms with Crippen molar-refractivity contribution in [3.63, 3.8) is 0 Å². The zero-order chi connectivity index (χ0) is 20.2. The van der Waals surface area contributed by atoms with Crippen molar-refractivity contribution in [3.05, 3.63) is 35.9 Å². The number of carbonyl (C=O) groups excluding carboxylic acids is 2. The van der Waals surface area contributed by atoms with Gasteiger partial charge in [0.1, 0.15) is 6.17 Å². The Morgan fingerprint density at radius 3 is 2.75 bits per heavy atom. The summed E-state index contributed by atoms with van der Waals surface area (Å²) in [5.41, 5.74) is 1.03. The predicted molar refractivity (Wildman–Crippen MR) is 108 cm³/mol. The molecule has 2 rings (SSSR count). The van der Waals surface area contributed by atoms with E-state index < -0.39 is 6.17 Å². The van der Waals surface area contributed by atoms with Gasteiger partial charge in [-0.3, -0.25) is 4.79 Å². The topological polar surface area (TPSA) is 85.9 Å². The molecule has 1 aromatic rings. The molecule has 156 valence electrons. The lowest BCUT2D eigenvalue weighted by molar-refractivity contribution is -0.137. The fourth-order valence-corrected chi connectivity index (χ4v) is 2.99. The summed E-state index contributed by atoms with van der Waals surface area (Å²) in [6.45, 7) is 5.49. The van der Waals surface area contributed by atoms with E-state index in [2.05, 4.69) is 22.9 Å². The minimum Gasteiger partial charge on any atom is -0.381 e. The Morgan fingerprint density at radius 1 is 1.25 bits per heavy atom. The summed E-state index contributed by atoms with van der Waals surface area (Å²) in [5, 5.41) is 12.3. The van der Waals surface area contributed by atoms with Gasteiger partial charge in [0.2, 0.25) is 5.91 Å². The number of rotatable bonds is 11. The number of nitrogens with one attached hydrogen (secondary N) is 3. The lowest BCUT2D eigenvalue weighted by Gasteiger charge is -2.42. The third-order valence-corrected chi connectivity index (χ3v) is 4.48. The molecule has 1 fully saturated rings. The van der Waals surface area contributed by atoms with Crippen molar-refractivity contribution < 1.29 is 14.3 Å². The van der Waals surface area contributed by atoms with Crippen LogP contribution >= 0.6 is 0 Å². The molecule has 0 radical (unpaired) electrons. The van der Waals surface area contributed by atoms with Gasteiger partial charge >= 0.3 is 6.03 Å². The Hall–Kier alpha value is -2.16. The number of hydrazine groups is 1. The second kappa shape index (κ2) is 12.3. The van der Waals surface area contributed by atoms with Crippen molar-refractivity contribution in [1.82, 2.24) is 26.0 Å². The Bertz CT molecular complexity index is 599. The van der Waals surface area contributed by atoms with E-state index in [1.54, 1.807) is 17.1 Å². The van der Waals surface area contributed by atoms with Gasteiger partial charge in [-0.05, 0) is 24.9 Å². The van der Waals surface area contributed by atoms with Crippen molar-refractivity contribution in [1.29, 1.82) is 0 Å². The van der Waals surface area contributed by atoms with Crippen LogP contribution in [0.5, 0.6) is 0 Å². The quantitative estimate of drug-likeness (QED) is 0.495. The molecule has 8 heteroatoms. The van der Waals surface area contributed by atoms with Crippen molar-refractivity contribution in [2.45, 2.75) is 38.9 Å². The standard InChI is InChI=1S/C20H33N5O3/c1-3-4-12-28-13-8-11-21-15-18-23-19(26)16-24(2)25(18)20(27)22-14-17-9-6-5-7-10-17/h5-7,9-10,18,21H,3-4,8,11-16H2,1-2H3,(H,22,27)(H,23,26)/t18-/m0/s1. The molecule has 0 saturated carbocycles. The van der Waals surface area contributed by atoms with Gasteiger partial charge in [-0.15, -0.1) is 0 Å². The SMILES string of the molecule is CCCCOCCCNC[C@H]1NC(=O)CN(C)N1C(=O)NCc1ccccc1. The Kier molecular flexibility index (Phi) is 9.74. The molecule has 1 atom stereocenters. The largest absolute Gasteiger partial charge is 0.381 e. The molecule has 1 aromatic carbocycles. The van der Waals surface area contributed by atoms with E-state index in [4.69, 9.17) is 4.74 Å². The van der Waals surface area contributed by atoms with Gasteiger partial charge in [-0.2, -0.15) is 0 Å². The number of likely N-dealkylation sites (N-methyl/N-ethyl adjacent to an activating group) is 1. The van der Waals surface area contributed by atoms with Crippen LogP contribution in [0.2, 0.25) is 0 Å². The molecule has 1 saturated heterocycles. The first kappa shape index (κ1) is 22.1. The van der Waals surface area contributed by atoms with E-state index in [-0.39, 0.29) is 18.5 Å². The van der Waals surface area contributed by atoms with Crippen LogP contribution in [-0.4, -0.2) is 68.0 Å². The molecule has 0 aromatic heterocycles. The third-order valence-electron chi connectivity index (χ3n) is 4.48. The third kappa shape index (κ3) is 7.46. The number of carbonyl (C=O) groups is 2. The molecule has 3 amide bonds. The van der Waals surface area contributed by atoms with Crippen LogP contribution in [0.3, 0.4) is 0 Å². The molecular formula is C20H33N5O3. The summed E-state index contributed by atoms with van der Waals surface area (Å²) in [4.78, 5) is 24.6. The zero-order valence-electron chi connectivity index (χ0n) is 16.9. The summed E-state index contributed by atoms with van der Waals surface area (Å²) in [7, 11) is 1.75. The lowest BCUT2D eigenvalue weighted by atomic mass is 10.2. The van der Waals surface area contributed by atoms with Crippen molar-refractivity contribution in [2.24, 2.45) is 0 Å². The molecule has 0 bridgehead atoms. The predicted octanol–water partition coefficient (Wildman–Crippen LogP) is 1.30. The molecule has 3 N–H and O–H groups in total. The summed E-state index contributed by atoms with van der Waals surface area (Å²) >= 11 is 0. The van der Waals surface area contributed by atoms with E-state index in [0.717, 1.165) is 38.0 Å². The molecule has 0 unspecified atom stereocenters. The summed E-state index contributed by atoms with van der Waals surface area (Å²) in [6, 6.07) is 9.50. The van der Waals surface area contributed by atoms with E-state index in [0.29, 0.717) is 19.7 Å². The average Bonchev–Trinajstić information content (AvgIpc) is 2.68. The zero-order valence-corrected chi connectivity index (χ0v) is 16.9. The Balaban J connectivity index is 1.78. The maximum atomic E-state index is 12.7. The van der Waals surface area contributed by atoms with E-state index in [1.165, 1.54) is 0 Å². The van der Waals surface area contributed by atoms with Gasteiger partial charge in [0.15, 0.2) is 0 Å². The average molecular weight is 392 g/mol. The van der Waals surface area contributed by atoms with Gasteiger partial charge in [-0.25, -0.2) is 14.8 Å². The van der Waals surface area contributed by atoms with Gasteiger partial charge in [-0.1, -0.05) is 43.7 Å². The molecule has 28 heavy (non-hydrogen) atoms. The van der Waals surface area contributed by atoms with Gasteiger partial charge in [0.25, 0.3) is 0 Å². The van der Waals surface area contributed by atoms with Crippen molar-refractivity contribution in [2.75, 3.05) is 39.9 Å². The summed E-state index contributed by atoms with van der Waals surface area (Å²) in [5.74, 6) is -0.0932. The fourth-order valence-electron chi connectivity index (χ4n) is 2.99. The molecule has 1 heterocycles. The van der Waals surface area contributed by atoms with Crippen LogP contribution in [0.1, 0.15) is 31.7 Å². The van der Waals surface area contributed by atoms with Crippen LogP contribution in [0.4, 0.5) is 4.79 Å². The van der Waals surface area contributed by atoms with Crippen LogP contribution in [0.25, 0.3) is 0 Å². The summed E-state index contributed by atoms with van der Waals surface area (Å²) < 4.78 is 5.54. The first-order valence-electron chi connectivity index (χ1n) is 10.0.